The van der Waals surface area contributed by atoms with Crippen LogP contribution in [-0.2, 0) is 9.53 Å². The summed E-state index contributed by atoms with van der Waals surface area (Å²) in [5.74, 6) is 1.37. The molecule has 1 heterocycles. The highest BCUT2D eigenvalue weighted by Crippen LogP contribution is 2.44. The average molecular weight is 183 g/mol. The molecule has 2 aliphatic rings. The van der Waals surface area contributed by atoms with Crippen molar-refractivity contribution >= 4 is 5.91 Å². The molecule has 0 aromatic rings. The maximum Gasteiger partial charge on any atom is 0.225 e. The molecule has 3 atom stereocenters. The largest absolute Gasteiger partial charge is 0.381 e. The van der Waals surface area contributed by atoms with Gasteiger partial charge < -0.3 is 10.1 Å². The minimum absolute atomic E-state index is 0.159. The molecule has 0 spiro atoms. The summed E-state index contributed by atoms with van der Waals surface area (Å²) in [7, 11) is 0. The molecule has 74 valence electrons. The van der Waals surface area contributed by atoms with Crippen LogP contribution in [0.1, 0.15) is 20.8 Å². The Bertz CT molecular complexity index is 222. The van der Waals surface area contributed by atoms with Gasteiger partial charge in [-0.1, -0.05) is 20.8 Å². The molecule has 1 saturated heterocycles. The van der Waals surface area contributed by atoms with E-state index in [9.17, 15) is 4.79 Å². The van der Waals surface area contributed by atoms with Gasteiger partial charge in [-0.15, -0.1) is 0 Å². The van der Waals surface area contributed by atoms with Crippen LogP contribution >= 0.6 is 0 Å². The zero-order valence-corrected chi connectivity index (χ0v) is 8.46. The quantitative estimate of drug-likeness (QED) is 0.653. The molecule has 2 fully saturated rings. The molecule has 1 N–H and O–H groups in total. The van der Waals surface area contributed by atoms with Crippen molar-refractivity contribution in [3.8, 4) is 0 Å². The van der Waals surface area contributed by atoms with Gasteiger partial charge in [0.25, 0.3) is 0 Å². The molecule has 1 amide bonds. The van der Waals surface area contributed by atoms with Gasteiger partial charge in [0.1, 0.15) is 0 Å². The van der Waals surface area contributed by atoms with E-state index in [1.54, 1.807) is 0 Å². The molecule has 13 heavy (non-hydrogen) atoms. The molecule has 3 nitrogen and oxygen atoms in total. The maximum atomic E-state index is 11.6. The molecule has 0 aromatic heterocycles. The first-order valence-electron chi connectivity index (χ1n) is 4.89. The van der Waals surface area contributed by atoms with Gasteiger partial charge in [0.05, 0.1) is 13.2 Å². The van der Waals surface area contributed by atoms with Crippen LogP contribution in [0.25, 0.3) is 0 Å². The normalized spacial score (nSPS) is 37.0. The van der Waals surface area contributed by atoms with E-state index in [2.05, 4.69) is 5.32 Å². The van der Waals surface area contributed by atoms with Crippen molar-refractivity contribution in [2.24, 2.45) is 17.3 Å². The first kappa shape index (κ1) is 9.00. The maximum absolute atomic E-state index is 11.6. The van der Waals surface area contributed by atoms with Crippen molar-refractivity contribution in [1.82, 2.24) is 5.32 Å². The number of carbonyl (C=O) groups is 1. The molecule has 1 aliphatic carbocycles. The third-order valence-corrected chi connectivity index (χ3v) is 2.93. The first-order valence-corrected chi connectivity index (χ1v) is 4.89. The van der Waals surface area contributed by atoms with Gasteiger partial charge in [0, 0.05) is 23.3 Å². The molecular formula is C10H17NO2. The fourth-order valence-corrected chi connectivity index (χ4v) is 1.82. The van der Waals surface area contributed by atoms with Crippen molar-refractivity contribution in [3.05, 3.63) is 0 Å². The minimum atomic E-state index is -0.266. The van der Waals surface area contributed by atoms with Crippen LogP contribution in [0.5, 0.6) is 0 Å². The average Bonchev–Trinajstić information content (AvgIpc) is 2.47. The highest BCUT2D eigenvalue weighted by molar-refractivity contribution is 5.82. The lowest BCUT2D eigenvalue weighted by molar-refractivity contribution is -0.128. The van der Waals surface area contributed by atoms with E-state index in [0.717, 1.165) is 13.2 Å². The van der Waals surface area contributed by atoms with E-state index in [0.29, 0.717) is 17.9 Å². The summed E-state index contributed by atoms with van der Waals surface area (Å²) in [4.78, 5) is 11.6. The van der Waals surface area contributed by atoms with E-state index in [1.165, 1.54) is 0 Å². The Balaban J connectivity index is 1.84. The summed E-state index contributed by atoms with van der Waals surface area (Å²) in [6.45, 7) is 7.49. The molecule has 0 radical (unpaired) electrons. The van der Waals surface area contributed by atoms with Crippen molar-refractivity contribution in [2.75, 3.05) is 13.2 Å². The number of rotatable bonds is 1. The molecule has 2 rings (SSSR count). The second kappa shape index (κ2) is 2.71. The minimum Gasteiger partial charge on any atom is -0.381 e. The van der Waals surface area contributed by atoms with Crippen LogP contribution in [0.2, 0.25) is 0 Å². The third kappa shape index (κ3) is 1.57. The number of hydrogen-bond donors (Lipinski definition) is 1. The summed E-state index contributed by atoms with van der Waals surface area (Å²) < 4.78 is 5.25. The number of nitrogens with one attached hydrogen (secondary N) is 1. The lowest BCUT2D eigenvalue weighted by Crippen LogP contribution is -2.38. The Morgan fingerprint density at radius 2 is 1.85 bits per heavy atom. The van der Waals surface area contributed by atoms with Crippen LogP contribution in [0.15, 0.2) is 0 Å². The summed E-state index contributed by atoms with van der Waals surface area (Å²) in [5, 5.41) is 3.08. The Morgan fingerprint density at radius 1 is 1.31 bits per heavy atom. The Morgan fingerprint density at radius 3 is 2.31 bits per heavy atom. The standard InChI is InChI=1S/C10H17NO2/c1-10(2,3)9(12)11-8-6-4-13-5-7(6)8/h6-8H,4-5H2,1-3H3,(H,11,12)/t6-,7+,8?. The molecular weight excluding hydrogens is 166 g/mol. The third-order valence-electron chi connectivity index (χ3n) is 2.93. The van der Waals surface area contributed by atoms with Gasteiger partial charge in [-0.2, -0.15) is 0 Å². The Labute approximate surface area is 78.8 Å². The van der Waals surface area contributed by atoms with Gasteiger partial charge >= 0.3 is 0 Å². The van der Waals surface area contributed by atoms with E-state index in [-0.39, 0.29) is 11.3 Å². The second-order valence-electron chi connectivity index (χ2n) is 5.11. The molecule has 0 aromatic carbocycles. The number of ether oxygens (including phenoxy) is 1. The number of amides is 1. The smallest absolute Gasteiger partial charge is 0.225 e. The fourth-order valence-electron chi connectivity index (χ4n) is 1.82. The van der Waals surface area contributed by atoms with E-state index >= 15 is 0 Å². The van der Waals surface area contributed by atoms with Gasteiger partial charge in [-0.05, 0) is 0 Å². The Kier molecular flexibility index (Phi) is 1.88. The summed E-state index contributed by atoms with van der Waals surface area (Å²) in [5.41, 5.74) is -0.266. The lowest BCUT2D eigenvalue weighted by atomic mass is 9.95. The highest BCUT2D eigenvalue weighted by atomic mass is 16.5. The summed E-state index contributed by atoms with van der Waals surface area (Å²) in [6, 6.07) is 0.403. The van der Waals surface area contributed by atoms with Gasteiger partial charge in [-0.3, -0.25) is 4.79 Å². The van der Waals surface area contributed by atoms with Gasteiger partial charge in [-0.25, -0.2) is 0 Å². The number of hydrogen-bond acceptors (Lipinski definition) is 2. The monoisotopic (exact) mass is 183 g/mol. The van der Waals surface area contributed by atoms with Gasteiger partial charge in [0.2, 0.25) is 5.91 Å². The molecule has 3 heteroatoms. The van der Waals surface area contributed by atoms with E-state index < -0.39 is 0 Å². The second-order valence-corrected chi connectivity index (χ2v) is 5.11. The van der Waals surface area contributed by atoms with Crippen LogP contribution in [0, 0.1) is 17.3 Å². The zero-order chi connectivity index (χ0) is 9.64. The van der Waals surface area contributed by atoms with Crippen LogP contribution in [0.3, 0.4) is 0 Å². The fraction of sp³-hybridized carbons (Fsp3) is 0.900. The van der Waals surface area contributed by atoms with E-state index in [1.807, 2.05) is 20.8 Å². The number of fused-ring (bicyclic) bond motifs is 1. The zero-order valence-electron chi connectivity index (χ0n) is 8.46. The van der Waals surface area contributed by atoms with Crippen LogP contribution in [-0.4, -0.2) is 25.2 Å². The summed E-state index contributed by atoms with van der Waals surface area (Å²) >= 11 is 0. The molecule has 1 unspecified atom stereocenters. The number of carbonyl (C=O) groups excluding carboxylic acids is 1. The van der Waals surface area contributed by atoms with Crippen LogP contribution in [0.4, 0.5) is 0 Å². The van der Waals surface area contributed by atoms with Crippen molar-refractivity contribution < 1.29 is 9.53 Å². The van der Waals surface area contributed by atoms with Crippen molar-refractivity contribution in [1.29, 1.82) is 0 Å². The predicted octanol–water partition coefficient (Wildman–Crippen LogP) is 0.793. The lowest BCUT2D eigenvalue weighted by Gasteiger charge is -2.18. The van der Waals surface area contributed by atoms with Crippen molar-refractivity contribution in [3.63, 3.8) is 0 Å². The first-order chi connectivity index (χ1) is 6.00. The molecule has 0 bridgehead atoms. The highest BCUT2D eigenvalue weighted by Gasteiger charge is 2.55. The van der Waals surface area contributed by atoms with Gasteiger partial charge in [0.15, 0.2) is 0 Å². The van der Waals surface area contributed by atoms with Crippen molar-refractivity contribution in [2.45, 2.75) is 26.8 Å². The predicted molar refractivity (Wildman–Crippen MR) is 49.2 cm³/mol. The Hall–Kier alpha value is -0.570. The van der Waals surface area contributed by atoms with E-state index in [4.69, 9.17) is 4.74 Å². The van der Waals surface area contributed by atoms with Crippen LogP contribution < -0.4 is 5.32 Å². The summed E-state index contributed by atoms with van der Waals surface area (Å²) in [6.07, 6.45) is 0. The topological polar surface area (TPSA) is 38.3 Å². The molecule has 1 aliphatic heterocycles. The SMILES string of the molecule is CC(C)(C)C(=O)NC1[C@H]2COC[C@@H]12. The molecule has 1 saturated carbocycles.